The zero-order valence-corrected chi connectivity index (χ0v) is 14.5. The summed E-state index contributed by atoms with van der Waals surface area (Å²) >= 11 is 0. The molecular formula is C13H20F2IN3O2. The summed E-state index contributed by atoms with van der Waals surface area (Å²) in [7, 11) is 3.04. The highest BCUT2D eigenvalue weighted by Gasteiger charge is 2.08. The van der Waals surface area contributed by atoms with Gasteiger partial charge in [0.1, 0.15) is 0 Å². The zero-order valence-electron chi connectivity index (χ0n) is 12.2. The second-order valence-corrected chi connectivity index (χ2v) is 3.77. The topological polar surface area (TPSA) is 54.9 Å². The maximum absolute atomic E-state index is 12.1. The molecule has 2 N–H and O–H groups in total. The lowest BCUT2D eigenvalue weighted by Gasteiger charge is -2.14. The predicted molar refractivity (Wildman–Crippen MR) is 90.6 cm³/mol. The molecule has 21 heavy (non-hydrogen) atoms. The van der Waals surface area contributed by atoms with E-state index in [0.717, 1.165) is 0 Å². The van der Waals surface area contributed by atoms with Crippen molar-refractivity contribution >= 4 is 35.6 Å². The van der Waals surface area contributed by atoms with E-state index in [2.05, 4.69) is 15.6 Å². The fourth-order valence-electron chi connectivity index (χ4n) is 1.51. The molecule has 0 fully saturated rings. The SMILES string of the molecule is CCOc1ccc(NC(=NC)NCC(F)F)cc1OC.I. The minimum absolute atomic E-state index is 0. The largest absolute Gasteiger partial charge is 0.493 e. The van der Waals surface area contributed by atoms with Crippen LogP contribution in [0.5, 0.6) is 11.5 Å². The van der Waals surface area contributed by atoms with Crippen molar-refractivity contribution in [3.8, 4) is 11.5 Å². The smallest absolute Gasteiger partial charge is 0.255 e. The Hall–Kier alpha value is -1.32. The van der Waals surface area contributed by atoms with E-state index in [9.17, 15) is 8.78 Å². The molecule has 0 spiro atoms. The Morgan fingerprint density at radius 3 is 2.57 bits per heavy atom. The van der Waals surface area contributed by atoms with Crippen molar-refractivity contribution in [1.82, 2.24) is 5.32 Å². The number of guanidine groups is 1. The lowest BCUT2D eigenvalue weighted by Crippen LogP contribution is -2.34. The van der Waals surface area contributed by atoms with Crippen LogP contribution < -0.4 is 20.1 Å². The second kappa shape index (κ2) is 10.4. The van der Waals surface area contributed by atoms with Crippen LogP contribution in [0, 0.1) is 0 Å². The van der Waals surface area contributed by atoms with Gasteiger partial charge in [-0.05, 0) is 19.1 Å². The van der Waals surface area contributed by atoms with E-state index in [-0.39, 0.29) is 29.9 Å². The first-order chi connectivity index (χ1) is 9.60. The van der Waals surface area contributed by atoms with Crippen molar-refractivity contribution in [1.29, 1.82) is 0 Å². The molecule has 0 aromatic heterocycles. The fraction of sp³-hybridized carbons (Fsp3) is 0.462. The van der Waals surface area contributed by atoms with Gasteiger partial charge in [-0.15, -0.1) is 24.0 Å². The number of aliphatic imine (C=N–C) groups is 1. The van der Waals surface area contributed by atoms with Gasteiger partial charge in [0, 0.05) is 18.8 Å². The Labute approximate surface area is 140 Å². The van der Waals surface area contributed by atoms with Gasteiger partial charge in [-0.3, -0.25) is 4.99 Å². The van der Waals surface area contributed by atoms with E-state index < -0.39 is 13.0 Å². The number of alkyl halides is 2. The van der Waals surface area contributed by atoms with Crippen LogP contribution in [0.15, 0.2) is 23.2 Å². The van der Waals surface area contributed by atoms with E-state index >= 15 is 0 Å². The maximum Gasteiger partial charge on any atom is 0.255 e. The molecule has 5 nitrogen and oxygen atoms in total. The maximum atomic E-state index is 12.1. The van der Waals surface area contributed by atoms with Crippen LogP contribution in [-0.4, -0.2) is 39.7 Å². The fourth-order valence-corrected chi connectivity index (χ4v) is 1.51. The molecule has 0 aliphatic rings. The molecule has 8 heteroatoms. The molecule has 1 rings (SSSR count). The van der Waals surface area contributed by atoms with E-state index in [1.807, 2.05) is 6.92 Å². The van der Waals surface area contributed by atoms with Crippen LogP contribution in [0.4, 0.5) is 14.5 Å². The average molecular weight is 415 g/mol. The van der Waals surface area contributed by atoms with Crippen LogP contribution in [0.3, 0.4) is 0 Å². The first-order valence-corrected chi connectivity index (χ1v) is 6.17. The number of halogens is 3. The van der Waals surface area contributed by atoms with Gasteiger partial charge in [-0.1, -0.05) is 0 Å². The number of anilines is 1. The number of rotatable bonds is 6. The number of hydrogen-bond acceptors (Lipinski definition) is 3. The van der Waals surface area contributed by atoms with Crippen molar-refractivity contribution < 1.29 is 18.3 Å². The third-order valence-electron chi connectivity index (χ3n) is 2.37. The Morgan fingerprint density at radius 2 is 2.05 bits per heavy atom. The van der Waals surface area contributed by atoms with E-state index in [1.165, 1.54) is 14.2 Å². The summed E-state index contributed by atoms with van der Waals surface area (Å²) in [4.78, 5) is 3.86. The van der Waals surface area contributed by atoms with Crippen LogP contribution in [-0.2, 0) is 0 Å². The zero-order chi connectivity index (χ0) is 15.0. The van der Waals surface area contributed by atoms with Crippen LogP contribution >= 0.6 is 24.0 Å². The number of benzene rings is 1. The van der Waals surface area contributed by atoms with Crippen LogP contribution in [0.2, 0.25) is 0 Å². The summed E-state index contributed by atoms with van der Waals surface area (Å²) in [5.41, 5.74) is 0.660. The van der Waals surface area contributed by atoms with Gasteiger partial charge in [0.25, 0.3) is 6.43 Å². The highest BCUT2D eigenvalue weighted by molar-refractivity contribution is 14.0. The molecule has 0 saturated carbocycles. The number of ether oxygens (including phenoxy) is 2. The monoisotopic (exact) mass is 415 g/mol. The first kappa shape index (κ1) is 19.7. The van der Waals surface area contributed by atoms with Gasteiger partial charge in [0.15, 0.2) is 17.5 Å². The molecule has 0 radical (unpaired) electrons. The first-order valence-electron chi connectivity index (χ1n) is 6.17. The number of nitrogens with zero attached hydrogens (tertiary/aromatic N) is 1. The quantitative estimate of drug-likeness (QED) is 0.426. The summed E-state index contributed by atoms with van der Waals surface area (Å²) < 4.78 is 34.9. The molecule has 0 saturated heterocycles. The molecule has 0 aliphatic carbocycles. The van der Waals surface area contributed by atoms with Crippen LogP contribution in [0.1, 0.15) is 6.92 Å². The molecule has 0 aliphatic heterocycles. The third kappa shape index (κ3) is 6.78. The lowest BCUT2D eigenvalue weighted by atomic mass is 10.2. The number of hydrogen-bond donors (Lipinski definition) is 2. The molecular weight excluding hydrogens is 395 g/mol. The molecule has 0 amide bonds. The van der Waals surface area contributed by atoms with Gasteiger partial charge in [-0.25, -0.2) is 8.78 Å². The van der Waals surface area contributed by atoms with Crippen molar-refractivity contribution in [3.63, 3.8) is 0 Å². The van der Waals surface area contributed by atoms with Gasteiger partial charge >= 0.3 is 0 Å². The van der Waals surface area contributed by atoms with Gasteiger partial charge in [0.05, 0.1) is 20.3 Å². The second-order valence-electron chi connectivity index (χ2n) is 3.77. The summed E-state index contributed by atoms with van der Waals surface area (Å²) in [5.74, 6) is 1.44. The van der Waals surface area contributed by atoms with Crippen molar-refractivity contribution in [3.05, 3.63) is 18.2 Å². The minimum Gasteiger partial charge on any atom is -0.493 e. The van der Waals surface area contributed by atoms with Crippen molar-refractivity contribution in [2.75, 3.05) is 32.6 Å². The molecule has 1 aromatic carbocycles. The van der Waals surface area contributed by atoms with Gasteiger partial charge in [-0.2, -0.15) is 0 Å². The molecule has 0 heterocycles. The van der Waals surface area contributed by atoms with E-state index in [4.69, 9.17) is 9.47 Å². The standard InChI is InChI=1S/C13H19F2N3O2.HI/c1-4-20-10-6-5-9(7-11(10)19-3)18-13(16-2)17-8-12(14)15;/h5-7,12H,4,8H2,1-3H3,(H2,16,17,18);1H. The van der Waals surface area contributed by atoms with Gasteiger partial charge in [0.2, 0.25) is 0 Å². The van der Waals surface area contributed by atoms with Crippen molar-refractivity contribution in [2.24, 2.45) is 4.99 Å². The normalized spacial score (nSPS) is 10.9. The molecule has 0 atom stereocenters. The summed E-state index contributed by atoms with van der Waals surface area (Å²) in [6.45, 7) is 1.94. The molecule has 0 bridgehead atoms. The average Bonchev–Trinajstić information content (AvgIpc) is 2.44. The predicted octanol–water partition coefficient (Wildman–Crippen LogP) is 2.96. The Kier molecular flexibility index (Phi) is 9.76. The Balaban J connectivity index is 0.00000400. The number of methoxy groups -OCH3 is 1. The molecule has 120 valence electrons. The van der Waals surface area contributed by atoms with Crippen molar-refractivity contribution in [2.45, 2.75) is 13.3 Å². The third-order valence-corrected chi connectivity index (χ3v) is 2.37. The Bertz CT molecular complexity index is 459. The Morgan fingerprint density at radius 1 is 1.33 bits per heavy atom. The summed E-state index contributed by atoms with van der Waals surface area (Å²) in [6.07, 6.45) is -2.44. The highest BCUT2D eigenvalue weighted by atomic mass is 127. The molecule has 0 unspecified atom stereocenters. The summed E-state index contributed by atoms with van der Waals surface area (Å²) in [6, 6.07) is 5.20. The highest BCUT2D eigenvalue weighted by Crippen LogP contribution is 2.30. The van der Waals surface area contributed by atoms with Gasteiger partial charge < -0.3 is 20.1 Å². The minimum atomic E-state index is -2.44. The molecule has 1 aromatic rings. The lowest BCUT2D eigenvalue weighted by molar-refractivity contribution is 0.152. The summed E-state index contributed by atoms with van der Waals surface area (Å²) in [5, 5.41) is 5.41. The van der Waals surface area contributed by atoms with E-state index in [1.54, 1.807) is 18.2 Å². The van der Waals surface area contributed by atoms with Crippen LogP contribution in [0.25, 0.3) is 0 Å². The number of nitrogens with one attached hydrogen (secondary N) is 2. The van der Waals surface area contributed by atoms with E-state index in [0.29, 0.717) is 23.8 Å².